The predicted octanol–water partition coefficient (Wildman–Crippen LogP) is 5.97. The molecule has 0 bridgehead atoms. The highest BCUT2D eigenvalue weighted by Gasteiger charge is 2.46. The summed E-state index contributed by atoms with van der Waals surface area (Å²) in [6.45, 7) is 8.45. The van der Waals surface area contributed by atoms with E-state index in [4.69, 9.17) is 23.2 Å². The number of Topliss-reactive ketones (excluding diaryl/α,β-unsaturated/α-hetero) is 2. The maximum Gasteiger partial charge on any atom is 0.162 e. The quantitative estimate of drug-likeness (QED) is 0.612. The van der Waals surface area contributed by atoms with E-state index in [1.54, 1.807) is 12.1 Å². The van der Waals surface area contributed by atoms with Crippen LogP contribution in [0.1, 0.15) is 64.9 Å². The van der Waals surface area contributed by atoms with Crippen LogP contribution in [0.4, 0.5) is 0 Å². The number of ketones is 2. The molecule has 0 radical (unpaired) electrons. The Labute approximate surface area is 176 Å². The van der Waals surface area contributed by atoms with E-state index >= 15 is 0 Å². The highest BCUT2D eigenvalue weighted by molar-refractivity contribution is 6.35. The van der Waals surface area contributed by atoms with E-state index in [1.165, 1.54) is 0 Å². The summed E-state index contributed by atoms with van der Waals surface area (Å²) in [5.41, 5.74) is 3.87. The number of allylic oxidation sites excluding steroid dienone is 4. The van der Waals surface area contributed by atoms with Crippen LogP contribution in [0.2, 0.25) is 10.0 Å². The van der Waals surface area contributed by atoms with Gasteiger partial charge in [0.05, 0.1) is 0 Å². The first-order valence-corrected chi connectivity index (χ1v) is 10.5. The van der Waals surface area contributed by atoms with Crippen molar-refractivity contribution in [3.63, 3.8) is 0 Å². The summed E-state index contributed by atoms with van der Waals surface area (Å²) in [7, 11) is 0. The third-order valence-corrected chi connectivity index (χ3v) is 6.55. The molecule has 5 heteroatoms. The summed E-state index contributed by atoms with van der Waals surface area (Å²) >= 11 is 12.7. The standard InChI is InChI=1S/C23H25Cl2NO2/c1-22(2)8-15-20(17(27)10-22)19(13-6-5-12(24)7-14(13)25)21-16(26-15)9-23(3,4)11-18(21)28/h5-7,19,26H,8-11H2,1-4H3. The second-order valence-corrected chi connectivity index (χ2v) is 10.7. The minimum absolute atomic E-state index is 0.0963. The van der Waals surface area contributed by atoms with Crippen LogP contribution in [0.3, 0.4) is 0 Å². The number of carbonyl (C=O) groups excluding carboxylic acids is 2. The van der Waals surface area contributed by atoms with Crippen molar-refractivity contribution in [1.29, 1.82) is 0 Å². The van der Waals surface area contributed by atoms with Crippen LogP contribution in [0.5, 0.6) is 0 Å². The van der Waals surface area contributed by atoms with E-state index in [1.807, 2.05) is 6.07 Å². The molecule has 0 spiro atoms. The summed E-state index contributed by atoms with van der Waals surface area (Å²) in [5, 5.41) is 4.54. The third kappa shape index (κ3) is 3.33. The van der Waals surface area contributed by atoms with Crippen molar-refractivity contribution < 1.29 is 9.59 Å². The number of benzene rings is 1. The van der Waals surface area contributed by atoms with Gasteiger partial charge in [0.15, 0.2) is 11.6 Å². The largest absolute Gasteiger partial charge is 0.362 e. The van der Waals surface area contributed by atoms with Crippen LogP contribution in [0.15, 0.2) is 40.7 Å². The van der Waals surface area contributed by atoms with E-state index in [2.05, 4.69) is 33.0 Å². The lowest BCUT2D eigenvalue weighted by molar-refractivity contribution is -0.119. The second-order valence-electron chi connectivity index (χ2n) is 9.89. The van der Waals surface area contributed by atoms with E-state index in [0.29, 0.717) is 34.0 Å². The van der Waals surface area contributed by atoms with E-state index in [9.17, 15) is 9.59 Å². The monoisotopic (exact) mass is 417 g/mol. The summed E-state index contributed by atoms with van der Waals surface area (Å²) in [4.78, 5) is 26.4. The van der Waals surface area contributed by atoms with Gasteiger partial charge in [0.1, 0.15) is 0 Å². The molecule has 0 fully saturated rings. The first kappa shape index (κ1) is 19.7. The minimum atomic E-state index is -0.414. The van der Waals surface area contributed by atoms with Crippen molar-refractivity contribution in [3.8, 4) is 0 Å². The molecule has 28 heavy (non-hydrogen) atoms. The summed E-state index contributed by atoms with van der Waals surface area (Å²) in [6.07, 6.45) is 2.50. The van der Waals surface area contributed by atoms with Gasteiger partial charge in [-0.05, 0) is 41.4 Å². The molecule has 0 aromatic heterocycles. The van der Waals surface area contributed by atoms with Gasteiger partial charge in [-0.1, -0.05) is 57.0 Å². The first-order valence-electron chi connectivity index (χ1n) is 9.72. The van der Waals surface area contributed by atoms with Crippen LogP contribution in [-0.2, 0) is 9.59 Å². The smallest absolute Gasteiger partial charge is 0.162 e. The zero-order valence-corrected chi connectivity index (χ0v) is 18.2. The molecule has 1 aromatic carbocycles. The van der Waals surface area contributed by atoms with Crippen molar-refractivity contribution in [2.75, 3.05) is 0 Å². The Kier molecular flexibility index (Phi) is 4.55. The van der Waals surface area contributed by atoms with Crippen molar-refractivity contribution in [2.45, 2.75) is 59.3 Å². The molecule has 0 unspecified atom stereocenters. The lowest BCUT2D eigenvalue weighted by Crippen LogP contribution is -2.42. The molecule has 0 saturated carbocycles. The Hall–Kier alpha value is -1.58. The molecule has 3 nitrogen and oxygen atoms in total. The fraction of sp³-hybridized carbons (Fsp3) is 0.478. The van der Waals surface area contributed by atoms with Gasteiger partial charge in [-0.3, -0.25) is 9.59 Å². The molecule has 0 atom stereocenters. The molecule has 1 N–H and O–H groups in total. The lowest BCUT2D eigenvalue weighted by atomic mass is 9.64. The number of halogens is 2. The summed E-state index contributed by atoms with van der Waals surface area (Å²) in [5.74, 6) is -0.221. The van der Waals surface area contributed by atoms with Crippen LogP contribution in [-0.4, -0.2) is 11.6 Å². The van der Waals surface area contributed by atoms with Crippen molar-refractivity contribution >= 4 is 34.8 Å². The Balaban J connectivity index is 1.94. The normalized spacial score (nSPS) is 24.1. The predicted molar refractivity (Wildman–Crippen MR) is 112 cm³/mol. The molecule has 1 aliphatic heterocycles. The first-order chi connectivity index (χ1) is 13.0. The zero-order chi connectivity index (χ0) is 20.4. The average molecular weight is 418 g/mol. The molecule has 1 heterocycles. The van der Waals surface area contributed by atoms with Crippen LogP contribution in [0.25, 0.3) is 0 Å². The molecule has 0 saturated heterocycles. The fourth-order valence-electron chi connectivity index (χ4n) is 4.94. The van der Waals surface area contributed by atoms with Gasteiger partial charge in [0, 0.05) is 51.3 Å². The highest BCUT2D eigenvalue weighted by atomic mass is 35.5. The highest BCUT2D eigenvalue weighted by Crippen LogP contribution is 2.52. The third-order valence-electron chi connectivity index (χ3n) is 5.99. The van der Waals surface area contributed by atoms with Gasteiger partial charge < -0.3 is 5.32 Å². The Bertz CT molecular complexity index is 917. The van der Waals surface area contributed by atoms with E-state index in [0.717, 1.165) is 29.8 Å². The number of hydrogen-bond donors (Lipinski definition) is 1. The van der Waals surface area contributed by atoms with Gasteiger partial charge in [-0.15, -0.1) is 0 Å². The molecule has 4 rings (SSSR count). The van der Waals surface area contributed by atoms with Gasteiger partial charge in [-0.2, -0.15) is 0 Å². The van der Waals surface area contributed by atoms with Gasteiger partial charge in [0.25, 0.3) is 0 Å². The number of rotatable bonds is 1. The molecule has 2 aliphatic carbocycles. The molecule has 148 valence electrons. The molecular weight excluding hydrogens is 393 g/mol. The summed E-state index contributed by atoms with van der Waals surface area (Å²) < 4.78 is 0. The average Bonchev–Trinajstić information content (AvgIpc) is 2.50. The van der Waals surface area contributed by atoms with Crippen molar-refractivity contribution in [3.05, 3.63) is 56.3 Å². The molecule has 3 aliphatic rings. The lowest BCUT2D eigenvalue weighted by Gasteiger charge is -2.44. The van der Waals surface area contributed by atoms with E-state index < -0.39 is 5.92 Å². The Morgan fingerprint density at radius 2 is 1.36 bits per heavy atom. The molecular formula is C23H25Cl2NO2. The number of hydrogen-bond acceptors (Lipinski definition) is 3. The van der Waals surface area contributed by atoms with Crippen molar-refractivity contribution in [2.24, 2.45) is 10.8 Å². The van der Waals surface area contributed by atoms with Crippen LogP contribution >= 0.6 is 23.2 Å². The summed E-state index contributed by atoms with van der Waals surface area (Å²) in [6, 6.07) is 5.32. The van der Waals surface area contributed by atoms with Crippen LogP contribution < -0.4 is 5.32 Å². The SMILES string of the molecule is CC1(C)CC(=O)C2=C(C1)NC1=C(C(=O)CC(C)(C)C1)C2c1ccc(Cl)cc1Cl. The minimum Gasteiger partial charge on any atom is -0.362 e. The maximum atomic E-state index is 13.2. The second kappa shape index (κ2) is 6.47. The number of carbonyl (C=O) groups is 2. The number of dihydropyridines is 1. The van der Waals surface area contributed by atoms with Gasteiger partial charge >= 0.3 is 0 Å². The van der Waals surface area contributed by atoms with Crippen molar-refractivity contribution in [1.82, 2.24) is 5.32 Å². The maximum absolute atomic E-state index is 13.2. The number of nitrogens with one attached hydrogen (secondary N) is 1. The fourth-order valence-corrected chi connectivity index (χ4v) is 5.45. The Morgan fingerprint density at radius 3 is 1.82 bits per heavy atom. The molecule has 0 amide bonds. The zero-order valence-electron chi connectivity index (χ0n) is 16.7. The van der Waals surface area contributed by atoms with Crippen LogP contribution in [0, 0.1) is 10.8 Å². The van der Waals surface area contributed by atoms with Gasteiger partial charge in [-0.25, -0.2) is 0 Å². The van der Waals surface area contributed by atoms with E-state index in [-0.39, 0.29) is 22.4 Å². The topological polar surface area (TPSA) is 46.2 Å². The molecule has 1 aromatic rings. The Morgan fingerprint density at radius 1 is 0.857 bits per heavy atom. The van der Waals surface area contributed by atoms with Gasteiger partial charge in [0.2, 0.25) is 0 Å².